The molecule has 3 aliphatic rings. The maximum absolute atomic E-state index is 5.38. The lowest BCUT2D eigenvalue weighted by molar-refractivity contribution is 0.0389. The van der Waals surface area contributed by atoms with Crippen molar-refractivity contribution in [3.05, 3.63) is 0 Å². The lowest BCUT2D eigenvalue weighted by Crippen LogP contribution is -2.45. The van der Waals surface area contributed by atoms with Gasteiger partial charge in [-0.3, -0.25) is 9.89 Å². The molecule has 0 aromatic carbocycles. The smallest absolute Gasteiger partial charge is 0.191 e. The zero-order chi connectivity index (χ0) is 15.2. The Balaban J connectivity index is 0.00000192. The van der Waals surface area contributed by atoms with E-state index >= 15 is 0 Å². The molecule has 1 saturated heterocycles. The minimum absolute atomic E-state index is 0. The van der Waals surface area contributed by atoms with Crippen LogP contribution in [0, 0.1) is 11.8 Å². The summed E-state index contributed by atoms with van der Waals surface area (Å²) in [5.41, 5.74) is 0. The van der Waals surface area contributed by atoms with E-state index in [4.69, 9.17) is 4.74 Å². The van der Waals surface area contributed by atoms with Gasteiger partial charge in [0, 0.05) is 39.3 Å². The van der Waals surface area contributed by atoms with E-state index in [1.165, 1.54) is 38.5 Å². The summed E-state index contributed by atoms with van der Waals surface area (Å²) in [5, 5.41) is 7.09. The molecule has 2 N–H and O–H groups in total. The van der Waals surface area contributed by atoms with Crippen LogP contribution in [0.25, 0.3) is 0 Å². The number of hydrogen-bond acceptors (Lipinski definition) is 3. The van der Waals surface area contributed by atoms with Crippen LogP contribution < -0.4 is 10.6 Å². The van der Waals surface area contributed by atoms with Crippen LogP contribution >= 0.6 is 24.0 Å². The van der Waals surface area contributed by atoms with Crippen molar-refractivity contribution < 1.29 is 4.74 Å². The Labute approximate surface area is 158 Å². The van der Waals surface area contributed by atoms with Gasteiger partial charge in [-0.2, -0.15) is 0 Å². The molecular formula is C17H33IN4O. The summed E-state index contributed by atoms with van der Waals surface area (Å²) in [4.78, 5) is 6.83. The van der Waals surface area contributed by atoms with Gasteiger partial charge in [0.15, 0.2) is 5.96 Å². The third kappa shape index (κ3) is 6.05. The first kappa shape index (κ1) is 19.2. The fraction of sp³-hybridized carbons (Fsp3) is 0.941. The highest BCUT2D eigenvalue weighted by Crippen LogP contribution is 2.44. The highest BCUT2D eigenvalue weighted by Gasteiger charge is 2.43. The highest BCUT2D eigenvalue weighted by atomic mass is 127. The van der Waals surface area contributed by atoms with Crippen LogP contribution in [0.1, 0.15) is 38.5 Å². The van der Waals surface area contributed by atoms with Crippen molar-refractivity contribution in [2.45, 2.75) is 44.6 Å². The first-order valence-corrected chi connectivity index (χ1v) is 9.14. The van der Waals surface area contributed by atoms with Gasteiger partial charge in [-0.05, 0) is 18.3 Å². The number of nitrogens with zero attached hydrogens (tertiary/aromatic N) is 2. The van der Waals surface area contributed by atoms with Crippen molar-refractivity contribution in [3.8, 4) is 0 Å². The lowest BCUT2D eigenvalue weighted by atomic mass is 9.85. The van der Waals surface area contributed by atoms with Gasteiger partial charge in [0.25, 0.3) is 0 Å². The van der Waals surface area contributed by atoms with Gasteiger partial charge >= 0.3 is 0 Å². The van der Waals surface area contributed by atoms with Crippen molar-refractivity contribution >= 4 is 29.9 Å². The quantitative estimate of drug-likeness (QED) is 0.394. The summed E-state index contributed by atoms with van der Waals surface area (Å²) in [7, 11) is 1.88. The lowest BCUT2D eigenvalue weighted by Gasteiger charge is -2.27. The topological polar surface area (TPSA) is 48.9 Å². The molecule has 0 radical (unpaired) electrons. The van der Waals surface area contributed by atoms with E-state index in [2.05, 4.69) is 20.5 Å². The molecule has 0 aromatic heterocycles. The number of rotatable bonds is 5. The van der Waals surface area contributed by atoms with E-state index in [0.717, 1.165) is 57.2 Å². The molecule has 0 spiro atoms. The molecule has 3 rings (SSSR count). The Morgan fingerprint density at radius 1 is 1.17 bits per heavy atom. The summed E-state index contributed by atoms with van der Waals surface area (Å²) in [5.74, 6) is 2.85. The molecular weight excluding hydrogens is 403 g/mol. The van der Waals surface area contributed by atoms with Crippen molar-refractivity contribution in [2.75, 3.05) is 46.4 Å². The predicted octanol–water partition coefficient (Wildman–Crippen LogP) is 2.07. The molecule has 2 aliphatic carbocycles. The largest absolute Gasteiger partial charge is 0.379 e. The van der Waals surface area contributed by atoms with Gasteiger partial charge in [-0.15, -0.1) is 24.0 Å². The number of aliphatic imine (C=N–C) groups is 1. The Morgan fingerprint density at radius 2 is 1.91 bits per heavy atom. The second-order valence-corrected chi connectivity index (χ2v) is 7.00. The Hall–Kier alpha value is -0.0800. The molecule has 5 nitrogen and oxygen atoms in total. The maximum Gasteiger partial charge on any atom is 0.191 e. The monoisotopic (exact) mass is 436 g/mol. The first-order valence-electron chi connectivity index (χ1n) is 9.14. The molecule has 2 saturated carbocycles. The molecule has 23 heavy (non-hydrogen) atoms. The van der Waals surface area contributed by atoms with Gasteiger partial charge < -0.3 is 15.4 Å². The van der Waals surface area contributed by atoms with Crippen LogP contribution in [0.5, 0.6) is 0 Å². The van der Waals surface area contributed by atoms with Gasteiger partial charge in [-0.1, -0.05) is 32.1 Å². The van der Waals surface area contributed by atoms with Crippen molar-refractivity contribution in [1.82, 2.24) is 15.5 Å². The van der Waals surface area contributed by atoms with Crippen LogP contribution in [0.3, 0.4) is 0 Å². The molecule has 0 aromatic rings. The van der Waals surface area contributed by atoms with E-state index in [0.29, 0.717) is 6.04 Å². The average molecular weight is 436 g/mol. The summed E-state index contributed by atoms with van der Waals surface area (Å²) in [6.07, 6.45) is 8.58. The second-order valence-electron chi connectivity index (χ2n) is 7.00. The zero-order valence-corrected chi connectivity index (χ0v) is 16.8. The van der Waals surface area contributed by atoms with Gasteiger partial charge in [0.05, 0.1) is 13.2 Å². The summed E-state index contributed by atoms with van der Waals surface area (Å²) >= 11 is 0. The van der Waals surface area contributed by atoms with Crippen molar-refractivity contribution in [2.24, 2.45) is 16.8 Å². The maximum atomic E-state index is 5.38. The first-order chi connectivity index (χ1) is 10.9. The fourth-order valence-corrected chi connectivity index (χ4v) is 3.99. The summed E-state index contributed by atoms with van der Waals surface area (Å²) in [6.45, 7) is 5.89. The Kier molecular flexibility index (Phi) is 8.40. The number of halogens is 1. The van der Waals surface area contributed by atoms with E-state index in [-0.39, 0.29) is 24.0 Å². The Bertz CT molecular complexity index is 368. The number of guanidine groups is 1. The van der Waals surface area contributed by atoms with E-state index in [1.807, 2.05) is 7.05 Å². The normalized spacial score (nSPS) is 29.7. The standard InChI is InChI=1S/C17H32N4O.HI/c1-18-17(19-7-8-21-9-11-22-12-10-21)20-16-13-15(16)14-5-3-2-4-6-14;/h14-16H,2-13H2,1H3,(H2,18,19,20);1H. The van der Waals surface area contributed by atoms with Crippen LogP contribution in [-0.4, -0.2) is 63.3 Å². The minimum atomic E-state index is 0. The van der Waals surface area contributed by atoms with Crippen molar-refractivity contribution in [3.63, 3.8) is 0 Å². The number of morpholine rings is 1. The van der Waals surface area contributed by atoms with E-state index in [9.17, 15) is 0 Å². The van der Waals surface area contributed by atoms with Gasteiger partial charge in [0.1, 0.15) is 0 Å². The van der Waals surface area contributed by atoms with Crippen LogP contribution in [0.4, 0.5) is 0 Å². The van der Waals surface area contributed by atoms with Gasteiger partial charge in [-0.25, -0.2) is 0 Å². The van der Waals surface area contributed by atoms with Crippen LogP contribution in [0.2, 0.25) is 0 Å². The zero-order valence-electron chi connectivity index (χ0n) is 14.4. The second kappa shape index (κ2) is 10.0. The molecule has 6 heteroatoms. The van der Waals surface area contributed by atoms with E-state index in [1.54, 1.807) is 0 Å². The third-order valence-corrected chi connectivity index (χ3v) is 5.47. The average Bonchev–Trinajstić information content (AvgIpc) is 3.35. The highest BCUT2D eigenvalue weighted by molar-refractivity contribution is 14.0. The SMILES string of the molecule is CN=C(NCCN1CCOCC1)NC1CC1C1CCCCC1.I. The molecule has 2 atom stereocenters. The minimum Gasteiger partial charge on any atom is -0.379 e. The molecule has 134 valence electrons. The van der Waals surface area contributed by atoms with E-state index < -0.39 is 0 Å². The van der Waals surface area contributed by atoms with Crippen molar-refractivity contribution in [1.29, 1.82) is 0 Å². The van der Waals surface area contributed by atoms with Crippen LogP contribution in [0.15, 0.2) is 4.99 Å². The van der Waals surface area contributed by atoms with Crippen LogP contribution in [-0.2, 0) is 4.74 Å². The number of ether oxygens (including phenoxy) is 1. The molecule has 2 unspecified atom stereocenters. The molecule has 3 fully saturated rings. The summed E-state index contributed by atoms with van der Waals surface area (Å²) in [6, 6.07) is 0.665. The summed E-state index contributed by atoms with van der Waals surface area (Å²) < 4.78 is 5.38. The molecule has 0 bridgehead atoms. The Morgan fingerprint density at radius 3 is 2.61 bits per heavy atom. The third-order valence-electron chi connectivity index (χ3n) is 5.47. The number of nitrogens with one attached hydrogen (secondary N) is 2. The predicted molar refractivity (Wildman–Crippen MR) is 106 cm³/mol. The molecule has 1 aliphatic heterocycles. The molecule has 1 heterocycles. The molecule has 0 amide bonds. The number of hydrogen-bond donors (Lipinski definition) is 2. The fourth-order valence-electron chi connectivity index (χ4n) is 3.99. The van der Waals surface area contributed by atoms with Gasteiger partial charge in [0.2, 0.25) is 0 Å².